The first-order chi connectivity index (χ1) is 14.6. The summed E-state index contributed by atoms with van der Waals surface area (Å²) >= 11 is 2.77. The van der Waals surface area contributed by atoms with Gasteiger partial charge in [-0.3, -0.25) is 4.79 Å². The van der Waals surface area contributed by atoms with Crippen LogP contribution in [0, 0.1) is 11.3 Å². The number of Topliss-reactive ketones (excluding diaryl/α,β-unsaturated/α-hetero) is 1. The molecule has 0 radical (unpaired) electrons. The lowest BCUT2D eigenvalue weighted by Gasteiger charge is -2.14. The van der Waals surface area contributed by atoms with Crippen LogP contribution in [0.5, 0.6) is 0 Å². The molecular formula is C22H19N5OS2. The summed E-state index contributed by atoms with van der Waals surface area (Å²) in [6.07, 6.45) is 0. The molecule has 0 aliphatic carbocycles. The predicted molar refractivity (Wildman–Crippen MR) is 120 cm³/mol. The van der Waals surface area contributed by atoms with Crippen LogP contribution in [0.3, 0.4) is 0 Å². The fourth-order valence-corrected chi connectivity index (χ4v) is 5.27. The number of aromatic nitrogens is 3. The minimum atomic E-state index is -0.212. The SMILES string of the molecule is CCn1c(SCC(=O)C(C#N)=C2Sc3ccccc3N2C)nnc1-c1ccccc1. The number of nitriles is 1. The van der Waals surface area contributed by atoms with Gasteiger partial charge in [0.1, 0.15) is 16.7 Å². The average molecular weight is 434 g/mol. The zero-order chi connectivity index (χ0) is 21.1. The first-order valence-corrected chi connectivity index (χ1v) is 11.2. The van der Waals surface area contributed by atoms with Gasteiger partial charge < -0.3 is 9.47 Å². The molecule has 0 amide bonds. The standard InChI is InChI=1S/C22H19N5OS2/c1-3-27-20(15-9-5-4-6-10-15)24-25-22(27)29-14-18(28)16(13-23)21-26(2)17-11-7-8-12-19(17)30-21/h4-12H,3,14H2,1-2H3. The van der Waals surface area contributed by atoms with Crippen molar-refractivity contribution in [1.29, 1.82) is 5.26 Å². The molecule has 0 N–H and O–H groups in total. The number of allylic oxidation sites excluding steroid dienone is 1. The topological polar surface area (TPSA) is 74.8 Å². The van der Waals surface area contributed by atoms with Gasteiger partial charge in [-0.15, -0.1) is 10.2 Å². The Hall–Kier alpha value is -3.02. The highest BCUT2D eigenvalue weighted by Crippen LogP contribution is 2.46. The number of nitrogens with zero attached hydrogens (tertiary/aromatic N) is 5. The van der Waals surface area contributed by atoms with Crippen molar-refractivity contribution in [2.24, 2.45) is 0 Å². The van der Waals surface area contributed by atoms with E-state index in [9.17, 15) is 10.1 Å². The monoisotopic (exact) mass is 433 g/mol. The van der Waals surface area contributed by atoms with Gasteiger partial charge in [0.2, 0.25) is 0 Å². The van der Waals surface area contributed by atoms with E-state index in [2.05, 4.69) is 16.3 Å². The summed E-state index contributed by atoms with van der Waals surface area (Å²) in [7, 11) is 1.88. The van der Waals surface area contributed by atoms with Gasteiger partial charge in [0.05, 0.1) is 11.4 Å². The van der Waals surface area contributed by atoms with E-state index in [4.69, 9.17) is 0 Å². The number of rotatable bonds is 6. The molecule has 150 valence electrons. The number of hydrogen-bond donors (Lipinski definition) is 0. The Morgan fingerprint density at radius 2 is 1.87 bits per heavy atom. The van der Waals surface area contributed by atoms with Crippen LogP contribution in [0.4, 0.5) is 5.69 Å². The molecule has 3 aromatic rings. The van der Waals surface area contributed by atoms with Crippen LogP contribution in [-0.2, 0) is 11.3 Å². The molecule has 0 atom stereocenters. The van der Waals surface area contributed by atoms with Crippen molar-refractivity contribution >= 4 is 35.0 Å². The number of ketones is 1. The van der Waals surface area contributed by atoms with Crippen LogP contribution < -0.4 is 4.90 Å². The average Bonchev–Trinajstić information content (AvgIpc) is 3.34. The van der Waals surface area contributed by atoms with Crippen LogP contribution in [-0.4, -0.2) is 33.3 Å². The van der Waals surface area contributed by atoms with Crippen molar-refractivity contribution in [2.45, 2.75) is 23.5 Å². The fourth-order valence-electron chi connectivity index (χ4n) is 3.23. The van der Waals surface area contributed by atoms with E-state index in [0.29, 0.717) is 16.7 Å². The largest absolute Gasteiger partial charge is 0.337 e. The van der Waals surface area contributed by atoms with Gasteiger partial charge in [0.15, 0.2) is 16.8 Å². The molecule has 8 heteroatoms. The van der Waals surface area contributed by atoms with Crippen molar-refractivity contribution in [2.75, 3.05) is 17.7 Å². The molecule has 1 aliphatic rings. The maximum Gasteiger partial charge on any atom is 0.191 e. The number of carbonyl (C=O) groups is 1. The number of carbonyl (C=O) groups excluding carboxylic acids is 1. The van der Waals surface area contributed by atoms with Crippen molar-refractivity contribution in [3.8, 4) is 17.5 Å². The molecule has 0 saturated heterocycles. The summed E-state index contributed by atoms with van der Waals surface area (Å²) in [4.78, 5) is 15.9. The first kappa shape index (κ1) is 20.3. The van der Waals surface area contributed by atoms with Gasteiger partial charge in [-0.1, -0.05) is 66.0 Å². The van der Waals surface area contributed by atoms with Crippen molar-refractivity contribution in [3.05, 3.63) is 65.2 Å². The number of thioether (sulfide) groups is 2. The van der Waals surface area contributed by atoms with Gasteiger partial charge in [-0.05, 0) is 19.1 Å². The van der Waals surface area contributed by atoms with E-state index >= 15 is 0 Å². The summed E-state index contributed by atoms with van der Waals surface area (Å²) in [5.41, 5.74) is 2.16. The summed E-state index contributed by atoms with van der Waals surface area (Å²) < 4.78 is 1.98. The highest BCUT2D eigenvalue weighted by atomic mass is 32.2. The molecule has 0 spiro atoms. The number of anilines is 1. The van der Waals surface area contributed by atoms with E-state index < -0.39 is 0 Å². The molecule has 1 aliphatic heterocycles. The molecule has 2 aromatic carbocycles. The second-order valence-electron chi connectivity index (χ2n) is 6.55. The Morgan fingerprint density at radius 3 is 2.57 bits per heavy atom. The van der Waals surface area contributed by atoms with Crippen LogP contribution in [0.25, 0.3) is 11.4 Å². The Bertz CT molecular complexity index is 1160. The van der Waals surface area contributed by atoms with E-state index in [-0.39, 0.29) is 17.1 Å². The molecule has 0 unspecified atom stereocenters. The second kappa shape index (κ2) is 8.78. The Kier molecular flexibility index (Phi) is 5.93. The van der Waals surface area contributed by atoms with E-state index in [1.165, 1.54) is 23.5 Å². The smallest absolute Gasteiger partial charge is 0.191 e. The summed E-state index contributed by atoms with van der Waals surface area (Å²) in [6.45, 7) is 2.71. The highest BCUT2D eigenvalue weighted by Gasteiger charge is 2.28. The summed E-state index contributed by atoms with van der Waals surface area (Å²) in [5.74, 6) is 0.689. The minimum absolute atomic E-state index is 0.129. The van der Waals surface area contributed by atoms with Gasteiger partial charge in [0.25, 0.3) is 0 Å². The van der Waals surface area contributed by atoms with Gasteiger partial charge in [0, 0.05) is 24.1 Å². The Labute approximate surface area is 183 Å². The van der Waals surface area contributed by atoms with Crippen molar-refractivity contribution < 1.29 is 4.79 Å². The van der Waals surface area contributed by atoms with Gasteiger partial charge in [-0.25, -0.2) is 0 Å². The maximum absolute atomic E-state index is 12.9. The lowest BCUT2D eigenvalue weighted by molar-refractivity contribution is -0.112. The van der Waals surface area contributed by atoms with Crippen LogP contribution in [0.15, 0.2) is 75.3 Å². The second-order valence-corrected chi connectivity index (χ2v) is 8.52. The van der Waals surface area contributed by atoms with Gasteiger partial charge in [-0.2, -0.15) is 5.26 Å². The molecule has 6 nitrogen and oxygen atoms in total. The molecule has 0 bridgehead atoms. The van der Waals surface area contributed by atoms with E-state index in [1.54, 1.807) is 0 Å². The Balaban J connectivity index is 1.54. The maximum atomic E-state index is 12.9. The van der Waals surface area contributed by atoms with Crippen LogP contribution >= 0.6 is 23.5 Å². The fraction of sp³-hybridized carbons (Fsp3) is 0.182. The third kappa shape index (κ3) is 3.74. The van der Waals surface area contributed by atoms with Crippen LogP contribution in [0.1, 0.15) is 6.92 Å². The van der Waals surface area contributed by atoms with Crippen LogP contribution in [0.2, 0.25) is 0 Å². The summed E-state index contributed by atoms with van der Waals surface area (Å²) in [6, 6.07) is 19.8. The minimum Gasteiger partial charge on any atom is -0.337 e. The third-order valence-electron chi connectivity index (χ3n) is 4.74. The first-order valence-electron chi connectivity index (χ1n) is 9.43. The molecule has 0 saturated carbocycles. The highest BCUT2D eigenvalue weighted by molar-refractivity contribution is 8.03. The summed E-state index contributed by atoms with van der Waals surface area (Å²) in [5, 5.41) is 19.6. The lowest BCUT2D eigenvalue weighted by atomic mass is 10.2. The van der Waals surface area contributed by atoms with Crippen molar-refractivity contribution in [1.82, 2.24) is 14.8 Å². The number of hydrogen-bond acceptors (Lipinski definition) is 7. The van der Waals surface area contributed by atoms with E-state index in [1.807, 2.05) is 78.0 Å². The number of benzene rings is 2. The van der Waals surface area contributed by atoms with E-state index in [0.717, 1.165) is 22.0 Å². The molecule has 30 heavy (non-hydrogen) atoms. The van der Waals surface area contributed by atoms with Gasteiger partial charge >= 0.3 is 0 Å². The molecular weight excluding hydrogens is 414 g/mol. The molecule has 0 fully saturated rings. The predicted octanol–water partition coefficient (Wildman–Crippen LogP) is 4.60. The lowest BCUT2D eigenvalue weighted by Crippen LogP contribution is -2.16. The van der Waals surface area contributed by atoms with Crippen molar-refractivity contribution in [3.63, 3.8) is 0 Å². The normalized spacial score (nSPS) is 14.4. The number of fused-ring (bicyclic) bond motifs is 1. The Morgan fingerprint density at radius 1 is 1.13 bits per heavy atom. The molecule has 1 aromatic heterocycles. The quantitative estimate of drug-likeness (QED) is 0.319. The molecule has 4 rings (SSSR count). The zero-order valence-corrected chi connectivity index (χ0v) is 18.2. The third-order valence-corrected chi connectivity index (χ3v) is 6.94. The zero-order valence-electron chi connectivity index (χ0n) is 16.6. The number of para-hydroxylation sites is 1. The molecule has 2 heterocycles.